The summed E-state index contributed by atoms with van der Waals surface area (Å²) in [5.41, 5.74) is 38.9. The number of rotatable bonds is 21. The second-order valence-electron chi connectivity index (χ2n) is 34.6. The van der Waals surface area contributed by atoms with E-state index in [2.05, 4.69) is 356 Å². The molecule has 13 heteroatoms. The maximum atomic E-state index is 5.16. The van der Waals surface area contributed by atoms with Crippen LogP contribution in [0.4, 0.5) is 0 Å². The molecule has 0 saturated carbocycles. The third kappa shape index (κ3) is 21.1. The lowest BCUT2D eigenvalue weighted by Crippen LogP contribution is -1.97. The van der Waals surface area contributed by atoms with Gasteiger partial charge in [-0.05, 0) is 198 Å². The van der Waals surface area contributed by atoms with E-state index in [1.807, 2.05) is 182 Å². The van der Waals surface area contributed by atoms with Gasteiger partial charge in [0.15, 0.2) is 23.3 Å². The molecule has 0 bridgehead atoms. The van der Waals surface area contributed by atoms with Crippen molar-refractivity contribution in [2.45, 2.75) is 0 Å². The first-order valence-corrected chi connectivity index (χ1v) is 47.7. The number of aromatic nitrogens is 13. The van der Waals surface area contributed by atoms with E-state index in [4.69, 9.17) is 29.9 Å². The Morgan fingerprint density at radius 2 is 0.312 bits per heavy atom. The number of nitrogens with zero attached hydrogens (tertiary/aromatic N) is 13. The topological polar surface area (TPSA) is 168 Å². The monoisotopic (exact) mass is 1840 g/mol. The Bertz CT molecular complexity index is 7190. The highest BCUT2D eigenvalue weighted by Crippen LogP contribution is 2.42. The lowest BCUT2D eigenvalue weighted by atomic mass is 9.93. The molecule has 0 aliphatic rings. The molecule has 0 aliphatic carbocycles. The van der Waals surface area contributed by atoms with Gasteiger partial charge in [-0.25, -0.2) is 39.9 Å². The highest BCUT2D eigenvalue weighted by molar-refractivity contribution is 5.88. The van der Waals surface area contributed by atoms with Crippen LogP contribution < -0.4 is 0 Å². The molecule has 0 N–H and O–H groups in total. The lowest BCUT2D eigenvalue weighted by molar-refractivity contribution is 1.18. The minimum atomic E-state index is 0.665. The fraction of sp³-hybridized carbons (Fsp3) is 0. The summed E-state index contributed by atoms with van der Waals surface area (Å²) in [4.78, 5) is 61.8. The smallest absolute Gasteiger partial charge is 0.160 e. The lowest BCUT2D eigenvalue weighted by Gasteiger charge is -2.14. The molecule has 0 spiro atoms. The zero-order valence-corrected chi connectivity index (χ0v) is 78.2. The molecule has 0 radical (unpaired) electrons. The number of hydrogen-bond acceptors (Lipinski definition) is 13. The minimum absolute atomic E-state index is 0.665. The molecule has 678 valence electrons. The van der Waals surface area contributed by atoms with E-state index in [0.717, 1.165) is 201 Å². The van der Waals surface area contributed by atoms with Crippen LogP contribution in [0.15, 0.2) is 541 Å². The fourth-order valence-electron chi connectivity index (χ4n) is 17.7. The predicted molar refractivity (Wildman–Crippen MR) is 585 cm³/mol. The summed E-state index contributed by atoms with van der Waals surface area (Å²) in [5, 5.41) is 0. The van der Waals surface area contributed by atoms with Gasteiger partial charge in [0.25, 0.3) is 0 Å². The van der Waals surface area contributed by atoms with Crippen molar-refractivity contribution in [2.24, 2.45) is 0 Å². The summed E-state index contributed by atoms with van der Waals surface area (Å²) >= 11 is 0. The predicted octanol–water partition coefficient (Wildman–Crippen LogP) is 32.2. The molecule has 0 amide bonds. The van der Waals surface area contributed by atoms with Gasteiger partial charge in [-0.2, -0.15) is 0 Å². The molecule has 24 rings (SSSR count). The quantitative estimate of drug-likeness (QED) is 0.0667. The summed E-state index contributed by atoms with van der Waals surface area (Å²) in [5.74, 6) is 2.72. The molecule has 0 saturated heterocycles. The van der Waals surface area contributed by atoms with Crippen LogP contribution >= 0.6 is 0 Å². The summed E-state index contributed by atoms with van der Waals surface area (Å²) in [6, 6.07) is 168. The van der Waals surface area contributed by atoms with Gasteiger partial charge >= 0.3 is 0 Å². The molecule has 8 heterocycles. The zero-order chi connectivity index (χ0) is 96.4. The van der Waals surface area contributed by atoms with E-state index in [-0.39, 0.29) is 0 Å². The molecule has 13 nitrogen and oxygen atoms in total. The Balaban J connectivity index is 0.000000123. The first-order chi connectivity index (χ1) is 71.3. The van der Waals surface area contributed by atoms with Crippen LogP contribution in [0.3, 0.4) is 0 Å². The first kappa shape index (κ1) is 89.6. The van der Waals surface area contributed by atoms with Gasteiger partial charge in [0.2, 0.25) is 0 Å². The Kier molecular flexibility index (Phi) is 26.5. The molecule has 0 atom stereocenters. The van der Waals surface area contributed by atoms with Crippen molar-refractivity contribution in [2.75, 3.05) is 0 Å². The van der Waals surface area contributed by atoms with Crippen molar-refractivity contribution in [1.29, 1.82) is 0 Å². The molecule has 0 unspecified atom stereocenters. The van der Waals surface area contributed by atoms with Gasteiger partial charge in [0.05, 0.1) is 57.4 Å². The average molecular weight is 1850 g/mol. The average Bonchev–Trinajstić information content (AvgIpc) is 0.777. The van der Waals surface area contributed by atoms with Crippen LogP contribution in [-0.4, -0.2) is 64.8 Å². The number of hydrogen-bond donors (Lipinski definition) is 0. The second kappa shape index (κ2) is 42.5. The molecule has 144 heavy (non-hydrogen) atoms. The fourth-order valence-corrected chi connectivity index (χ4v) is 17.7. The third-order valence-electron chi connectivity index (χ3n) is 25.2. The van der Waals surface area contributed by atoms with E-state index < -0.39 is 0 Å². The Morgan fingerprint density at radius 3 is 0.583 bits per heavy atom. The Morgan fingerprint density at radius 1 is 0.0972 bits per heavy atom. The van der Waals surface area contributed by atoms with Gasteiger partial charge in [-0.15, -0.1) is 0 Å². The molecule has 16 aromatic carbocycles. The van der Waals surface area contributed by atoms with E-state index >= 15 is 0 Å². The van der Waals surface area contributed by atoms with Crippen molar-refractivity contribution >= 4 is 0 Å². The van der Waals surface area contributed by atoms with Crippen molar-refractivity contribution in [3.8, 4) is 236 Å². The molecule has 24 aromatic rings. The summed E-state index contributed by atoms with van der Waals surface area (Å²) in [6.07, 6.45) is 16.0. The molecular formula is C131H89N13. The van der Waals surface area contributed by atoms with Crippen molar-refractivity contribution < 1.29 is 0 Å². The maximum Gasteiger partial charge on any atom is 0.160 e. The highest BCUT2D eigenvalue weighted by atomic mass is 14.9. The summed E-state index contributed by atoms with van der Waals surface area (Å²) in [6.45, 7) is 0. The Labute approximate surface area is 836 Å². The van der Waals surface area contributed by atoms with E-state index in [9.17, 15) is 0 Å². The van der Waals surface area contributed by atoms with Crippen molar-refractivity contribution in [3.05, 3.63) is 541 Å². The number of benzene rings is 16. The number of pyridine rings is 3. The molecule has 8 aromatic heterocycles. The largest absolute Gasteiger partial charge is 0.264 e. The molecule has 0 aliphatic heterocycles. The van der Waals surface area contributed by atoms with E-state index in [1.54, 1.807) is 37.2 Å². The van der Waals surface area contributed by atoms with E-state index in [1.165, 1.54) is 11.1 Å². The van der Waals surface area contributed by atoms with Gasteiger partial charge in [0.1, 0.15) is 0 Å². The minimum Gasteiger partial charge on any atom is -0.264 e. The normalized spacial score (nSPS) is 10.9. The standard InChI is InChI=1S/C45H31N3.2C43H29N5/c1-4-11-32(12-5-1)33-18-22-35(23-19-33)40-27-41(36-24-20-34(21-25-36)39-17-10-26-46-31-39)29-42(28-40)45-47-43(37-13-6-2-7-14-37)30-44(48-45)38-15-8-3-9-16-38;1-3-10-32(11-4-1)40-29-41(33-12-5-2-6-13-33)48-43(47-40)38-27-36(30-15-19-34(20-16-30)39-14-7-8-23-44-39)26-37(28-38)31-17-21-35(22-18-31)42-45-24-9-25-46-42;1-3-9-32(10-4-1)40-28-41(33-11-5-2-6-12-33)48-43(47-40)38-26-36(30-14-18-34(19-15-30)39-13-7-8-22-45-39)25-37(27-38)31-16-20-35(21-17-31)42-29-44-23-24-46-42/h1-31H;2*1-29H. The Hall–Kier alpha value is -19.6. The van der Waals surface area contributed by atoms with Gasteiger partial charge in [-0.1, -0.05) is 376 Å². The van der Waals surface area contributed by atoms with Gasteiger partial charge in [-0.3, -0.25) is 24.9 Å². The van der Waals surface area contributed by atoms with E-state index in [0.29, 0.717) is 23.3 Å². The van der Waals surface area contributed by atoms with Gasteiger partial charge < -0.3 is 0 Å². The first-order valence-electron chi connectivity index (χ1n) is 47.7. The van der Waals surface area contributed by atoms with Crippen LogP contribution in [-0.2, 0) is 0 Å². The molecular weight excluding hydrogens is 1760 g/mol. The van der Waals surface area contributed by atoms with Crippen LogP contribution in [0.5, 0.6) is 0 Å². The van der Waals surface area contributed by atoms with Crippen LogP contribution in [0, 0.1) is 0 Å². The third-order valence-corrected chi connectivity index (χ3v) is 25.2. The zero-order valence-electron chi connectivity index (χ0n) is 78.2. The van der Waals surface area contributed by atoms with Crippen molar-refractivity contribution in [1.82, 2.24) is 64.8 Å². The summed E-state index contributed by atoms with van der Waals surface area (Å²) < 4.78 is 0. The van der Waals surface area contributed by atoms with Crippen LogP contribution in [0.25, 0.3) is 236 Å². The van der Waals surface area contributed by atoms with Crippen LogP contribution in [0.1, 0.15) is 0 Å². The van der Waals surface area contributed by atoms with Crippen molar-refractivity contribution in [3.63, 3.8) is 0 Å². The maximum absolute atomic E-state index is 5.16. The second-order valence-corrected chi connectivity index (χ2v) is 34.6. The van der Waals surface area contributed by atoms with Gasteiger partial charge in [0, 0.05) is 122 Å². The molecule has 0 fully saturated rings. The highest BCUT2D eigenvalue weighted by Gasteiger charge is 2.21. The van der Waals surface area contributed by atoms with Crippen LogP contribution in [0.2, 0.25) is 0 Å². The summed E-state index contributed by atoms with van der Waals surface area (Å²) in [7, 11) is 0. The SMILES string of the molecule is c1ccc(-c2cc(-c3ccccc3)nc(-c3cc(-c4ccc(-c5ccccn5)cc4)cc(-c4ccc(-c5cnccn5)cc4)c3)n2)cc1.c1ccc(-c2cc(-c3ccccc3)nc(-c3cc(-c4ccc(-c5ccccn5)cc4)cc(-c4ccc(-c5ncccn5)cc4)c3)n2)cc1.c1ccc(-c2ccc(-c3cc(-c4ccc(-c5cccnc5)cc4)cc(-c4nc(-c5ccccc5)cc(-c5ccccc5)n4)c3)cc2)cc1.